The molecule has 45 heavy (non-hydrogen) atoms. The summed E-state index contributed by atoms with van der Waals surface area (Å²) in [5, 5.41) is 11.0. The molecule has 2 rings (SSSR count). The quantitative estimate of drug-likeness (QED) is 0.156. The van der Waals surface area contributed by atoms with Crippen LogP contribution >= 0.6 is 0 Å². The maximum absolute atomic E-state index is 13.9. The van der Waals surface area contributed by atoms with Crippen LogP contribution in [-0.4, -0.2) is 59.7 Å². The molecule has 0 spiro atoms. The Morgan fingerprint density at radius 1 is 0.578 bits per heavy atom. The Labute approximate surface area is 266 Å². The van der Waals surface area contributed by atoms with E-state index >= 15 is 0 Å². The van der Waals surface area contributed by atoms with Gasteiger partial charge in [0.15, 0.2) is 0 Å². The van der Waals surface area contributed by atoms with Crippen LogP contribution in [0.15, 0.2) is 60.7 Å². The Morgan fingerprint density at radius 2 is 0.978 bits per heavy atom. The second-order valence-electron chi connectivity index (χ2n) is 12.6. The van der Waals surface area contributed by atoms with Crippen molar-refractivity contribution in [3.8, 4) is 0 Å². The van der Waals surface area contributed by atoms with E-state index in [9.17, 15) is 24.0 Å². The highest BCUT2D eigenvalue weighted by molar-refractivity contribution is 5.96. The molecule has 0 aliphatic rings. The molecule has 246 valence electrons. The van der Waals surface area contributed by atoms with Crippen molar-refractivity contribution in [1.29, 1.82) is 0 Å². The van der Waals surface area contributed by atoms with Crippen molar-refractivity contribution in [2.24, 2.45) is 29.2 Å². The molecule has 8 N–H and O–H groups in total. The number of carbonyl (C=O) groups excluding carboxylic acids is 5. The van der Waals surface area contributed by atoms with E-state index in [1.54, 1.807) is 27.7 Å². The molecule has 0 aliphatic carbocycles. The zero-order valence-corrected chi connectivity index (χ0v) is 27.2. The highest BCUT2D eigenvalue weighted by Gasteiger charge is 2.33. The molecule has 0 aliphatic heterocycles. The standard InChI is InChI=1S/C34H50N6O5/c1-20(2)17-25(35)31(42)40-29(22(5)6)34(45)38-26(18-23-13-9-7-10-14-23)32(43)37-27(19-24-15-11-8-12-16-24)33(44)39-28(21(3)4)30(36)41/h7-16,20-22,25-29H,17-19,35H2,1-6H3,(H2,36,41)(H,37,43)(H,38,45)(H,39,44)(H,40,42)/t25-,26-,27+,28-,29-/m1/s1. The lowest BCUT2D eigenvalue weighted by molar-refractivity contribution is -0.135. The summed E-state index contributed by atoms with van der Waals surface area (Å²) in [5.41, 5.74) is 13.2. The number of nitrogens with two attached hydrogens (primary N) is 2. The maximum Gasteiger partial charge on any atom is 0.243 e. The van der Waals surface area contributed by atoms with Crippen LogP contribution in [0.1, 0.15) is 59.1 Å². The summed E-state index contributed by atoms with van der Waals surface area (Å²) >= 11 is 0. The largest absolute Gasteiger partial charge is 0.368 e. The summed E-state index contributed by atoms with van der Waals surface area (Å²) < 4.78 is 0. The van der Waals surface area contributed by atoms with Crippen molar-refractivity contribution in [1.82, 2.24) is 21.3 Å². The van der Waals surface area contributed by atoms with E-state index in [-0.39, 0.29) is 30.6 Å². The average Bonchev–Trinajstić information content (AvgIpc) is 2.97. The van der Waals surface area contributed by atoms with Crippen molar-refractivity contribution in [3.05, 3.63) is 71.8 Å². The normalized spacial score (nSPS) is 14.6. The molecular weight excluding hydrogens is 572 g/mol. The number of benzene rings is 2. The average molecular weight is 623 g/mol. The van der Waals surface area contributed by atoms with Gasteiger partial charge in [0.1, 0.15) is 24.2 Å². The zero-order chi connectivity index (χ0) is 33.7. The summed E-state index contributed by atoms with van der Waals surface area (Å²) in [7, 11) is 0. The van der Waals surface area contributed by atoms with Crippen LogP contribution in [0.4, 0.5) is 0 Å². The zero-order valence-electron chi connectivity index (χ0n) is 27.2. The van der Waals surface area contributed by atoms with Crippen LogP contribution in [-0.2, 0) is 36.8 Å². The van der Waals surface area contributed by atoms with E-state index in [4.69, 9.17) is 11.5 Å². The number of hydrogen-bond acceptors (Lipinski definition) is 6. The van der Waals surface area contributed by atoms with E-state index < -0.39 is 59.7 Å². The van der Waals surface area contributed by atoms with Crippen LogP contribution in [0.2, 0.25) is 0 Å². The van der Waals surface area contributed by atoms with Gasteiger partial charge in [-0.25, -0.2) is 0 Å². The molecular formula is C34H50N6O5. The number of nitrogens with one attached hydrogen (secondary N) is 4. The highest BCUT2D eigenvalue weighted by atomic mass is 16.2. The Balaban J connectivity index is 2.36. The van der Waals surface area contributed by atoms with Crippen LogP contribution in [0, 0.1) is 17.8 Å². The van der Waals surface area contributed by atoms with E-state index in [1.165, 1.54) is 0 Å². The number of rotatable bonds is 17. The van der Waals surface area contributed by atoms with Gasteiger partial charge in [0, 0.05) is 12.8 Å². The van der Waals surface area contributed by atoms with Crippen LogP contribution in [0.5, 0.6) is 0 Å². The fourth-order valence-electron chi connectivity index (χ4n) is 4.88. The van der Waals surface area contributed by atoms with Gasteiger partial charge in [-0.3, -0.25) is 24.0 Å². The molecule has 11 nitrogen and oxygen atoms in total. The first kappa shape index (κ1) is 36.9. The SMILES string of the molecule is CC(C)C[C@@H](N)C(=O)N[C@@H](C(=O)N[C@H](Cc1ccccc1)C(=O)N[C@@H](Cc1ccccc1)C(=O)N[C@@H](C(N)=O)C(C)C)C(C)C. The lowest BCUT2D eigenvalue weighted by atomic mass is 9.98. The molecule has 2 aromatic rings. The highest BCUT2D eigenvalue weighted by Crippen LogP contribution is 2.11. The van der Waals surface area contributed by atoms with Crippen LogP contribution in [0.25, 0.3) is 0 Å². The number of hydrogen-bond donors (Lipinski definition) is 6. The second-order valence-corrected chi connectivity index (χ2v) is 12.6. The molecule has 0 saturated heterocycles. The first-order chi connectivity index (χ1) is 21.2. The van der Waals surface area contributed by atoms with Crippen molar-refractivity contribution in [2.75, 3.05) is 0 Å². The van der Waals surface area contributed by atoms with Crippen LogP contribution in [0.3, 0.4) is 0 Å². The maximum atomic E-state index is 13.9. The first-order valence-electron chi connectivity index (χ1n) is 15.5. The summed E-state index contributed by atoms with van der Waals surface area (Å²) in [6.07, 6.45) is 0.710. The minimum atomic E-state index is -1.09. The molecule has 0 heterocycles. The molecule has 2 aromatic carbocycles. The number of carbonyl (C=O) groups is 5. The third-order valence-corrected chi connectivity index (χ3v) is 7.41. The topological polar surface area (TPSA) is 186 Å². The van der Waals surface area contributed by atoms with E-state index in [1.807, 2.05) is 74.5 Å². The third-order valence-electron chi connectivity index (χ3n) is 7.41. The molecule has 0 unspecified atom stereocenters. The monoisotopic (exact) mass is 622 g/mol. The van der Waals surface area contributed by atoms with Crippen LogP contribution < -0.4 is 32.7 Å². The molecule has 5 amide bonds. The minimum Gasteiger partial charge on any atom is -0.368 e. The van der Waals surface area contributed by atoms with E-state index in [2.05, 4.69) is 21.3 Å². The van der Waals surface area contributed by atoms with Gasteiger partial charge < -0.3 is 32.7 Å². The fourth-order valence-corrected chi connectivity index (χ4v) is 4.88. The van der Waals surface area contributed by atoms with Gasteiger partial charge in [-0.15, -0.1) is 0 Å². The van der Waals surface area contributed by atoms with Gasteiger partial charge in [0.05, 0.1) is 6.04 Å². The Bertz CT molecular complexity index is 1270. The predicted octanol–water partition coefficient (Wildman–Crippen LogP) is 1.58. The second kappa shape index (κ2) is 17.9. The first-order valence-corrected chi connectivity index (χ1v) is 15.5. The molecule has 0 aromatic heterocycles. The molecule has 0 saturated carbocycles. The predicted molar refractivity (Wildman–Crippen MR) is 174 cm³/mol. The van der Waals surface area contributed by atoms with Crippen molar-refractivity contribution in [3.63, 3.8) is 0 Å². The van der Waals surface area contributed by atoms with Gasteiger partial charge in [-0.05, 0) is 35.3 Å². The van der Waals surface area contributed by atoms with Gasteiger partial charge >= 0.3 is 0 Å². The molecule has 0 fully saturated rings. The van der Waals surface area contributed by atoms with E-state index in [0.717, 1.165) is 11.1 Å². The van der Waals surface area contributed by atoms with Gasteiger partial charge in [0.25, 0.3) is 0 Å². The molecule has 5 atom stereocenters. The molecule has 11 heteroatoms. The minimum absolute atomic E-state index is 0.125. The van der Waals surface area contributed by atoms with E-state index in [0.29, 0.717) is 6.42 Å². The smallest absolute Gasteiger partial charge is 0.243 e. The summed E-state index contributed by atoms with van der Waals surface area (Å²) in [4.78, 5) is 65.8. The van der Waals surface area contributed by atoms with Gasteiger partial charge in [-0.2, -0.15) is 0 Å². The lowest BCUT2D eigenvalue weighted by Crippen LogP contribution is -2.60. The van der Waals surface area contributed by atoms with Crippen molar-refractivity contribution in [2.45, 2.75) is 91.0 Å². The number of amides is 5. The molecule has 0 bridgehead atoms. The Morgan fingerprint density at radius 3 is 1.38 bits per heavy atom. The van der Waals surface area contributed by atoms with Gasteiger partial charge in [-0.1, -0.05) is 102 Å². The lowest BCUT2D eigenvalue weighted by Gasteiger charge is -2.28. The summed E-state index contributed by atoms with van der Waals surface area (Å²) in [6, 6.07) is 13.4. The Kier molecular flexibility index (Phi) is 14.7. The van der Waals surface area contributed by atoms with Gasteiger partial charge in [0.2, 0.25) is 29.5 Å². The molecule has 0 radical (unpaired) electrons. The Hall–Kier alpha value is -4.25. The van der Waals surface area contributed by atoms with Crippen molar-refractivity contribution >= 4 is 29.5 Å². The third kappa shape index (κ3) is 12.3. The summed E-state index contributed by atoms with van der Waals surface area (Å²) in [6.45, 7) is 11.0. The van der Waals surface area contributed by atoms with Crippen molar-refractivity contribution < 1.29 is 24.0 Å². The number of primary amides is 1. The summed E-state index contributed by atoms with van der Waals surface area (Å²) in [5.74, 6) is -3.27. The fraction of sp³-hybridized carbons (Fsp3) is 0.500.